The number of para-hydroxylation sites is 2. The van der Waals surface area contributed by atoms with Crippen LogP contribution >= 0.6 is 11.6 Å². The maximum absolute atomic E-state index is 6.19. The van der Waals surface area contributed by atoms with Crippen molar-refractivity contribution in [3.05, 3.63) is 89.4 Å². The Kier molecular flexibility index (Phi) is 7.32. The lowest BCUT2D eigenvalue weighted by Gasteiger charge is -2.25. The first-order valence-electron chi connectivity index (χ1n) is 12.1. The fraction of sp³-hybridized carbons (Fsp3) is 0.321. The molecular formula is C28H31ClN4O. The van der Waals surface area contributed by atoms with Crippen molar-refractivity contribution in [1.82, 2.24) is 14.7 Å². The number of likely N-dealkylation sites (tertiary alicyclic amines) is 1. The Labute approximate surface area is 206 Å². The van der Waals surface area contributed by atoms with Crippen molar-refractivity contribution in [2.75, 3.05) is 31.6 Å². The van der Waals surface area contributed by atoms with Gasteiger partial charge in [0.15, 0.2) is 0 Å². The van der Waals surface area contributed by atoms with Crippen LogP contribution in [0.25, 0.3) is 10.9 Å². The molecule has 2 heterocycles. The number of nitrogens with zero attached hydrogens (tertiary/aromatic N) is 3. The molecule has 1 fully saturated rings. The van der Waals surface area contributed by atoms with Crippen LogP contribution in [0.5, 0.6) is 5.88 Å². The summed E-state index contributed by atoms with van der Waals surface area (Å²) in [6, 6.07) is 27.2. The quantitative estimate of drug-likeness (QED) is 0.283. The van der Waals surface area contributed by atoms with Gasteiger partial charge < -0.3 is 10.1 Å². The smallest absolute Gasteiger partial charge is 0.240 e. The van der Waals surface area contributed by atoms with Crippen molar-refractivity contribution in [2.24, 2.45) is 0 Å². The van der Waals surface area contributed by atoms with E-state index in [1.54, 1.807) is 0 Å². The molecule has 1 atom stereocenters. The molecule has 4 aromatic rings. The highest BCUT2D eigenvalue weighted by atomic mass is 35.5. The van der Waals surface area contributed by atoms with E-state index in [0.29, 0.717) is 25.1 Å². The average Bonchev–Trinajstić information content (AvgIpc) is 3.47. The molecule has 0 radical (unpaired) electrons. The van der Waals surface area contributed by atoms with Crippen LogP contribution in [0.3, 0.4) is 0 Å². The van der Waals surface area contributed by atoms with Crippen molar-refractivity contribution in [1.29, 1.82) is 0 Å². The van der Waals surface area contributed by atoms with E-state index >= 15 is 0 Å². The highest BCUT2D eigenvalue weighted by Crippen LogP contribution is 2.26. The molecule has 1 aromatic heterocycles. The van der Waals surface area contributed by atoms with Gasteiger partial charge in [-0.05, 0) is 67.8 Å². The van der Waals surface area contributed by atoms with Gasteiger partial charge in [-0.15, -0.1) is 5.10 Å². The zero-order valence-electron chi connectivity index (χ0n) is 19.4. The molecule has 1 aliphatic heterocycles. The number of aromatic nitrogens is 2. The molecule has 0 amide bonds. The third kappa shape index (κ3) is 5.54. The van der Waals surface area contributed by atoms with E-state index < -0.39 is 0 Å². The number of halogens is 1. The Morgan fingerprint density at radius 3 is 2.62 bits per heavy atom. The number of hydrogen-bond acceptors (Lipinski definition) is 4. The lowest BCUT2D eigenvalue weighted by Crippen LogP contribution is -2.36. The number of ether oxygens (including phenoxy) is 1. The summed E-state index contributed by atoms with van der Waals surface area (Å²) in [6.45, 7) is 4.55. The summed E-state index contributed by atoms with van der Waals surface area (Å²) >= 11 is 6.04. The maximum atomic E-state index is 6.19. The molecule has 0 saturated carbocycles. The van der Waals surface area contributed by atoms with E-state index in [-0.39, 0.29) is 0 Å². The molecule has 34 heavy (non-hydrogen) atoms. The zero-order valence-corrected chi connectivity index (χ0v) is 20.1. The second-order valence-corrected chi connectivity index (χ2v) is 9.32. The van der Waals surface area contributed by atoms with Crippen LogP contribution in [0.2, 0.25) is 5.02 Å². The third-order valence-corrected chi connectivity index (χ3v) is 6.76. The molecule has 0 spiro atoms. The number of fused-ring (bicyclic) bond motifs is 1. The minimum atomic E-state index is 0.583. The van der Waals surface area contributed by atoms with Crippen molar-refractivity contribution < 1.29 is 4.74 Å². The molecule has 0 aliphatic carbocycles. The van der Waals surface area contributed by atoms with Gasteiger partial charge in [-0.2, -0.15) is 0 Å². The summed E-state index contributed by atoms with van der Waals surface area (Å²) < 4.78 is 8.20. The molecule has 3 aromatic carbocycles. The summed E-state index contributed by atoms with van der Waals surface area (Å²) in [5.74, 6) is 0.716. The lowest BCUT2D eigenvalue weighted by atomic mass is 10.2. The van der Waals surface area contributed by atoms with Gasteiger partial charge >= 0.3 is 0 Å². The van der Waals surface area contributed by atoms with E-state index in [9.17, 15) is 0 Å². The summed E-state index contributed by atoms with van der Waals surface area (Å²) in [7, 11) is 0. The van der Waals surface area contributed by atoms with Crippen LogP contribution in [-0.2, 0) is 6.54 Å². The SMILES string of the molecule is Clc1ccc(Cn2nc(OCCCN3CCC[C@H]3CNc3ccccc3)c3ccccc32)cc1. The van der Waals surface area contributed by atoms with Gasteiger partial charge in [-0.25, -0.2) is 0 Å². The van der Waals surface area contributed by atoms with Crippen molar-refractivity contribution in [3.8, 4) is 5.88 Å². The molecular weight excluding hydrogens is 444 g/mol. The number of anilines is 1. The van der Waals surface area contributed by atoms with E-state index in [4.69, 9.17) is 21.4 Å². The van der Waals surface area contributed by atoms with Crippen LogP contribution in [0.4, 0.5) is 5.69 Å². The fourth-order valence-electron chi connectivity index (χ4n) is 4.74. The lowest BCUT2D eigenvalue weighted by molar-refractivity contribution is 0.223. The fourth-order valence-corrected chi connectivity index (χ4v) is 4.86. The van der Waals surface area contributed by atoms with Crippen molar-refractivity contribution in [2.45, 2.75) is 31.8 Å². The summed E-state index contributed by atoms with van der Waals surface area (Å²) in [6.07, 6.45) is 3.50. The highest BCUT2D eigenvalue weighted by Gasteiger charge is 2.23. The second kappa shape index (κ2) is 10.9. The van der Waals surface area contributed by atoms with Gasteiger partial charge in [0.2, 0.25) is 5.88 Å². The summed E-state index contributed by atoms with van der Waals surface area (Å²) in [5, 5.41) is 10.2. The van der Waals surface area contributed by atoms with Crippen LogP contribution in [0.1, 0.15) is 24.8 Å². The van der Waals surface area contributed by atoms with Gasteiger partial charge in [0.05, 0.1) is 24.1 Å². The molecule has 1 saturated heterocycles. The molecule has 5 nitrogen and oxygen atoms in total. The second-order valence-electron chi connectivity index (χ2n) is 8.89. The van der Waals surface area contributed by atoms with Crippen molar-refractivity contribution >= 4 is 28.2 Å². The van der Waals surface area contributed by atoms with Gasteiger partial charge in [0.1, 0.15) is 0 Å². The zero-order chi connectivity index (χ0) is 23.2. The van der Waals surface area contributed by atoms with Crippen LogP contribution in [-0.4, -0.2) is 47.0 Å². The van der Waals surface area contributed by atoms with E-state index in [2.05, 4.69) is 52.7 Å². The predicted molar refractivity (Wildman–Crippen MR) is 140 cm³/mol. The molecule has 0 bridgehead atoms. The van der Waals surface area contributed by atoms with Gasteiger partial charge in [-0.3, -0.25) is 9.58 Å². The topological polar surface area (TPSA) is 42.3 Å². The summed E-state index contributed by atoms with van der Waals surface area (Å²) in [4.78, 5) is 2.59. The largest absolute Gasteiger partial charge is 0.476 e. The van der Waals surface area contributed by atoms with Gasteiger partial charge in [0.25, 0.3) is 0 Å². The van der Waals surface area contributed by atoms with E-state index in [1.807, 2.05) is 41.1 Å². The van der Waals surface area contributed by atoms with E-state index in [0.717, 1.165) is 41.0 Å². The van der Waals surface area contributed by atoms with Crippen LogP contribution < -0.4 is 10.1 Å². The summed E-state index contributed by atoms with van der Waals surface area (Å²) in [5.41, 5.74) is 3.44. The minimum Gasteiger partial charge on any atom is -0.476 e. The Morgan fingerprint density at radius 1 is 0.971 bits per heavy atom. The molecule has 1 aliphatic rings. The van der Waals surface area contributed by atoms with Gasteiger partial charge in [-0.1, -0.05) is 54.1 Å². The molecule has 0 unspecified atom stereocenters. The number of nitrogens with one attached hydrogen (secondary N) is 1. The standard InChI is InChI=1S/C28H31ClN4O/c29-23-15-13-22(14-16-23)21-33-27-12-5-4-11-26(27)28(31-33)34-19-7-18-32-17-6-10-25(32)20-30-24-8-2-1-3-9-24/h1-5,8-9,11-16,25,30H,6-7,10,17-21H2/t25-/m0/s1. The Balaban J connectivity index is 1.15. The van der Waals surface area contributed by atoms with Crippen LogP contribution in [0.15, 0.2) is 78.9 Å². The first kappa shape index (κ1) is 22.8. The normalized spacial score (nSPS) is 16.2. The highest BCUT2D eigenvalue weighted by molar-refractivity contribution is 6.30. The van der Waals surface area contributed by atoms with Gasteiger partial charge in [0, 0.05) is 29.8 Å². The molecule has 6 heteroatoms. The first-order valence-corrected chi connectivity index (χ1v) is 12.5. The monoisotopic (exact) mass is 474 g/mol. The first-order chi connectivity index (χ1) is 16.8. The molecule has 176 valence electrons. The molecule has 1 N–H and O–H groups in total. The Hall–Kier alpha value is -3.02. The Bertz CT molecular complexity index is 1190. The number of hydrogen-bond donors (Lipinski definition) is 1. The maximum Gasteiger partial charge on any atom is 0.240 e. The minimum absolute atomic E-state index is 0.583. The number of rotatable bonds is 10. The predicted octanol–water partition coefficient (Wildman–Crippen LogP) is 6.08. The average molecular weight is 475 g/mol. The van der Waals surface area contributed by atoms with Crippen molar-refractivity contribution in [3.63, 3.8) is 0 Å². The molecule has 5 rings (SSSR count). The third-order valence-electron chi connectivity index (χ3n) is 6.51. The van der Waals surface area contributed by atoms with E-state index in [1.165, 1.54) is 25.1 Å². The number of benzene rings is 3. The Morgan fingerprint density at radius 2 is 1.76 bits per heavy atom. The van der Waals surface area contributed by atoms with Crippen LogP contribution in [0, 0.1) is 0 Å².